The van der Waals surface area contributed by atoms with E-state index in [1.165, 1.54) is 0 Å². The second-order valence-electron chi connectivity index (χ2n) is 4.34. The highest BCUT2D eigenvalue weighted by Crippen LogP contribution is 2.16. The molecule has 0 spiro atoms. The van der Waals surface area contributed by atoms with Crippen LogP contribution in [0.3, 0.4) is 0 Å². The van der Waals surface area contributed by atoms with Gasteiger partial charge in [-0.1, -0.05) is 18.2 Å². The molecular weight excluding hydrogens is 238 g/mol. The summed E-state index contributed by atoms with van der Waals surface area (Å²) in [4.78, 5) is 0. The summed E-state index contributed by atoms with van der Waals surface area (Å²) in [6.45, 7) is 0.522. The number of sulfone groups is 1. The number of para-hydroxylation sites is 1. The topological polar surface area (TPSA) is 69.4 Å². The van der Waals surface area contributed by atoms with Gasteiger partial charge in [-0.3, -0.25) is 0 Å². The van der Waals surface area contributed by atoms with Gasteiger partial charge in [0.05, 0.1) is 24.2 Å². The first-order valence-electron chi connectivity index (χ1n) is 5.72. The number of anilines is 1. The van der Waals surface area contributed by atoms with Gasteiger partial charge in [-0.15, -0.1) is 0 Å². The first-order chi connectivity index (χ1) is 8.07. The van der Waals surface area contributed by atoms with E-state index < -0.39 is 9.84 Å². The minimum atomic E-state index is -2.85. The Morgan fingerprint density at radius 3 is 2.76 bits per heavy atom. The van der Waals surface area contributed by atoms with Crippen LogP contribution in [0, 0.1) is 0 Å². The smallest absolute Gasteiger partial charge is 0.152 e. The Morgan fingerprint density at radius 2 is 2.12 bits per heavy atom. The van der Waals surface area contributed by atoms with Crippen LogP contribution >= 0.6 is 0 Å². The van der Waals surface area contributed by atoms with Gasteiger partial charge < -0.3 is 10.5 Å². The SMILES string of the molecule is Nc1ccccc1CCOC1CCS(=O)(=O)C1. The summed E-state index contributed by atoms with van der Waals surface area (Å²) in [6, 6.07) is 7.65. The fraction of sp³-hybridized carbons (Fsp3) is 0.500. The summed E-state index contributed by atoms with van der Waals surface area (Å²) in [5.74, 6) is 0.419. The van der Waals surface area contributed by atoms with E-state index in [2.05, 4.69) is 0 Å². The Bertz CT molecular complexity index is 484. The molecule has 0 aliphatic carbocycles. The molecule has 4 nitrogen and oxygen atoms in total. The van der Waals surface area contributed by atoms with E-state index in [-0.39, 0.29) is 17.6 Å². The molecule has 1 atom stereocenters. The standard InChI is InChI=1S/C12H17NO3S/c13-12-4-2-1-3-10(12)5-7-16-11-6-8-17(14,15)9-11/h1-4,11H,5-9,13H2. The minimum absolute atomic E-state index is 0.134. The van der Waals surface area contributed by atoms with Gasteiger partial charge in [0.25, 0.3) is 0 Å². The highest BCUT2D eigenvalue weighted by molar-refractivity contribution is 7.91. The molecule has 0 aromatic heterocycles. The zero-order valence-electron chi connectivity index (χ0n) is 9.63. The predicted molar refractivity (Wildman–Crippen MR) is 67.6 cm³/mol. The van der Waals surface area contributed by atoms with Crippen molar-refractivity contribution in [3.8, 4) is 0 Å². The quantitative estimate of drug-likeness (QED) is 0.815. The van der Waals surface area contributed by atoms with E-state index in [4.69, 9.17) is 10.5 Å². The summed E-state index contributed by atoms with van der Waals surface area (Å²) < 4.78 is 28.0. The average molecular weight is 255 g/mol. The largest absolute Gasteiger partial charge is 0.399 e. The van der Waals surface area contributed by atoms with E-state index >= 15 is 0 Å². The zero-order valence-corrected chi connectivity index (χ0v) is 10.4. The maximum Gasteiger partial charge on any atom is 0.152 e. The van der Waals surface area contributed by atoms with Gasteiger partial charge in [0.15, 0.2) is 9.84 Å². The molecule has 94 valence electrons. The number of ether oxygens (including phenoxy) is 1. The number of hydrogen-bond donors (Lipinski definition) is 1. The highest BCUT2D eigenvalue weighted by atomic mass is 32.2. The van der Waals surface area contributed by atoms with Gasteiger partial charge in [-0.05, 0) is 24.5 Å². The second-order valence-corrected chi connectivity index (χ2v) is 6.57. The molecule has 2 N–H and O–H groups in total. The van der Waals surface area contributed by atoms with E-state index in [1.54, 1.807) is 0 Å². The molecule has 0 saturated carbocycles. The van der Waals surface area contributed by atoms with Crippen LogP contribution in [0.1, 0.15) is 12.0 Å². The molecule has 1 heterocycles. The van der Waals surface area contributed by atoms with Gasteiger partial charge in [-0.25, -0.2) is 8.42 Å². The fourth-order valence-corrected chi connectivity index (χ4v) is 3.61. The lowest BCUT2D eigenvalue weighted by Crippen LogP contribution is -2.16. The van der Waals surface area contributed by atoms with Crippen LogP contribution in [0.2, 0.25) is 0 Å². The fourth-order valence-electron chi connectivity index (χ4n) is 1.99. The highest BCUT2D eigenvalue weighted by Gasteiger charge is 2.28. The molecule has 1 fully saturated rings. The van der Waals surface area contributed by atoms with Crippen molar-refractivity contribution in [1.82, 2.24) is 0 Å². The van der Waals surface area contributed by atoms with Gasteiger partial charge in [-0.2, -0.15) is 0 Å². The molecule has 1 unspecified atom stereocenters. The summed E-state index contributed by atoms with van der Waals surface area (Å²) in [5, 5.41) is 0. The third kappa shape index (κ3) is 3.44. The number of benzene rings is 1. The maximum atomic E-state index is 11.2. The molecule has 0 radical (unpaired) electrons. The van der Waals surface area contributed by atoms with Crippen molar-refractivity contribution in [2.75, 3.05) is 23.8 Å². The van der Waals surface area contributed by atoms with E-state index in [0.29, 0.717) is 13.0 Å². The third-order valence-corrected chi connectivity index (χ3v) is 4.71. The van der Waals surface area contributed by atoms with Gasteiger partial charge in [0.1, 0.15) is 0 Å². The lowest BCUT2D eigenvalue weighted by Gasteiger charge is -2.10. The summed E-state index contributed by atoms with van der Waals surface area (Å²) in [5.41, 5.74) is 7.62. The van der Waals surface area contributed by atoms with Crippen molar-refractivity contribution in [3.63, 3.8) is 0 Å². The predicted octanol–water partition coefficient (Wildman–Crippen LogP) is 1.01. The molecule has 1 aromatic carbocycles. The molecule has 0 amide bonds. The van der Waals surface area contributed by atoms with Crippen molar-refractivity contribution >= 4 is 15.5 Å². The van der Waals surface area contributed by atoms with Crippen molar-refractivity contribution < 1.29 is 13.2 Å². The van der Waals surface area contributed by atoms with Crippen LogP contribution in [0.25, 0.3) is 0 Å². The van der Waals surface area contributed by atoms with Crippen molar-refractivity contribution in [3.05, 3.63) is 29.8 Å². The third-order valence-electron chi connectivity index (χ3n) is 2.97. The number of nitrogens with two attached hydrogens (primary N) is 1. The van der Waals surface area contributed by atoms with E-state index in [0.717, 1.165) is 17.7 Å². The molecule has 5 heteroatoms. The molecule has 2 rings (SSSR count). The normalized spacial score (nSPS) is 22.7. The van der Waals surface area contributed by atoms with Crippen LogP contribution in [-0.4, -0.2) is 32.6 Å². The van der Waals surface area contributed by atoms with Crippen LogP contribution in [0.4, 0.5) is 5.69 Å². The lowest BCUT2D eigenvalue weighted by molar-refractivity contribution is 0.0734. The van der Waals surface area contributed by atoms with Gasteiger partial charge in [0, 0.05) is 5.69 Å². The molecular formula is C12H17NO3S. The number of hydrogen-bond acceptors (Lipinski definition) is 4. The maximum absolute atomic E-state index is 11.2. The molecule has 1 aromatic rings. The molecule has 1 aliphatic rings. The molecule has 0 bridgehead atoms. The van der Waals surface area contributed by atoms with Gasteiger partial charge in [0.2, 0.25) is 0 Å². The van der Waals surface area contributed by atoms with Crippen molar-refractivity contribution in [1.29, 1.82) is 0 Å². The van der Waals surface area contributed by atoms with Crippen LogP contribution in [0.5, 0.6) is 0 Å². The summed E-state index contributed by atoms with van der Waals surface area (Å²) in [6.07, 6.45) is 1.21. The lowest BCUT2D eigenvalue weighted by atomic mass is 10.1. The van der Waals surface area contributed by atoms with Crippen LogP contribution in [-0.2, 0) is 21.0 Å². The Labute approximate surface area is 102 Å². The number of nitrogen functional groups attached to an aromatic ring is 1. The average Bonchev–Trinajstić information content (AvgIpc) is 2.61. The number of rotatable bonds is 4. The molecule has 1 saturated heterocycles. The van der Waals surface area contributed by atoms with Crippen LogP contribution < -0.4 is 5.73 Å². The summed E-state index contributed by atoms with van der Waals surface area (Å²) >= 11 is 0. The zero-order chi connectivity index (χ0) is 12.3. The Morgan fingerprint density at radius 1 is 1.35 bits per heavy atom. The molecule has 17 heavy (non-hydrogen) atoms. The van der Waals surface area contributed by atoms with E-state index in [1.807, 2.05) is 24.3 Å². The van der Waals surface area contributed by atoms with E-state index in [9.17, 15) is 8.42 Å². The second kappa shape index (κ2) is 5.06. The Kier molecular flexibility index (Phi) is 3.69. The van der Waals surface area contributed by atoms with Gasteiger partial charge >= 0.3 is 0 Å². The van der Waals surface area contributed by atoms with Crippen LogP contribution in [0.15, 0.2) is 24.3 Å². The van der Waals surface area contributed by atoms with Crippen molar-refractivity contribution in [2.45, 2.75) is 18.9 Å². The monoisotopic (exact) mass is 255 g/mol. The molecule has 1 aliphatic heterocycles. The Balaban J connectivity index is 1.79. The summed E-state index contributed by atoms with van der Waals surface area (Å²) in [7, 11) is -2.85. The first kappa shape index (κ1) is 12.4. The van der Waals surface area contributed by atoms with Crippen molar-refractivity contribution in [2.24, 2.45) is 0 Å². The Hall–Kier alpha value is -1.07. The minimum Gasteiger partial charge on any atom is -0.399 e. The first-order valence-corrected chi connectivity index (χ1v) is 7.54.